The van der Waals surface area contributed by atoms with Gasteiger partial charge in [-0.1, -0.05) is 32.5 Å². The van der Waals surface area contributed by atoms with Gasteiger partial charge in [0.25, 0.3) is 0 Å². The van der Waals surface area contributed by atoms with Crippen molar-refractivity contribution in [2.45, 2.75) is 25.5 Å². The van der Waals surface area contributed by atoms with Gasteiger partial charge in [-0.3, -0.25) is 5.41 Å². The predicted molar refractivity (Wildman–Crippen MR) is 39.3 cm³/mol. The van der Waals surface area contributed by atoms with Crippen LogP contribution >= 0.6 is 11.8 Å². The van der Waals surface area contributed by atoms with E-state index in [1.165, 1.54) is 11.8 Å². The molecule has 0 fully saturated rings. The highest BCUT2D eigenvalue weighted by Gasteiger charge is 2.11. The van der Waals surface area contributed by atoms with Crippen molar-refractivity contribution in [1.82, 2.24) is 0 Å². The van der Waals surface area contributed by atoms with Crippen LogP contribution in [0.2, 0.25) is 0 Å². The van der Waals surface area contributed by atoms with Crippen molar-refractivity contribution in [2.24, 2.45) is 5.73 Å². The lowest BCUT2D eigenvalue weighted by Gasteiger charge is -2.14. The maximum Gasteiger partial charge on any atom is 0.151 e. The van der Waals surface area contributed by atoms with E-state index in [0.29, 0.717) is 0 Å². The monoisotopic (exact) mass is 132 g/mol. The Kier molecular flexibility index (Phi) is 2.34. The molecule has 0 aliphatic rings. The van der Waals surface area contributed by atoms with Crippen molar-refractivity contribution >= 4 is 16.9 Å². The molecular weight excluding hydrogens is 120 g/mol. The Labute approximate surface area is 54.3 Å². The Bertz CT molecular complexity index is 93.1. The number of hydrogen-bond acceptors (Lipinski definition) is 2. The lowest BCUT2D eigenvalue weighted by atomic mass is 10.3. The zero-order valence-corrected chi connectivity index (χ0v) is 6.30. The van der Waals surface area contributed by atoms with Gasteiger partial charge >= 0.3 is 0 Å². The summed E-state index contributed by atoms with van der Waals surface area (Å²) in [5.41, 5.74) is 5.12. The number of thioether (sulfide) groups is 1. The molecule has 0 saturated heterocycles. The molecule has 3 N–H and O–H groups in total. The van der Waals surface area contributed by atoms with Crippen molar-refractivity contribution in [3.63, 3.8) is 0 Å². The third kappa shape index (κ3) is 5.82. The Hall–Kier alpha value is -0.180. The fourth-order valence-corrected chi connectivity index (χ4v) is 0.990. The molecule has 2 nitrogen and oxygen atoms in total. The van der Waals surface area contributed by atoms with Gasteiger partial charge in [-0.15, -0.1) is 0 Å². The number of nitrogens with two attached hydrogens (primary N) is 1. The first-order chi connectivity index (χ1) is 3.42. The van der Waals surface area contributed by atoms with Crippen LogP contribution in [-0.2, 0) is 0 Å². The molecule has 0 atom stereocenters. The Morgan fingerprint density at radius 3 is 1.88 bits per heavy atom. The third-order valence-electron chi connectivity index (χ3n) is 0.416. The molecule has 0 aliphatic heterocycles. The summed E-state index contributed by atoms with van der Waals surface area (Å²) in [6.45, 7) is 6.08. The number of amidine groups is 1. The van der Waals surface area contributed by atoms with E-state index in [-0.39, 0.29) is 9.91 Å². The number of rotatable bonds is 0. The normalized spacial score (nSPS) is 11.4. The van der Waals surface area contributed by atoms with Gasteiger partial charge in [0.1, 0.15) is 0 Å². The van der Waals surface area contributed by atoms with Crippen molar-refractivity contribution in [1.29, 1.82) is 5.41 Å². The van der Waals surface area contributed by atoms with E-state index in [1.807, 2.05) is 20.8 Å². The molecule has 3 heteroatoms. The van der Waals surface area contributed by atoms with Crippen LogP contribution in [0.15, 0.2) is 0 Å². The molecule has 0 aromatic carbocycles. The first-order valence-electron chi connectivity index (χ1n) is 2.45. The summed E-state index contributed by atoms with van der Waals surface area (Å²) in [6, 6.07) is 0. The second-order valence-corrected chi connectivity index (χ2v) is 4.45. The fourth-order valence-electron chi connectivity index (χ4n) is 0.330. The second-order valence-electron chi connectivity index (χ2n) is 2.58. The average Bonchev–Trinajstić information content (AvgIpc) is 1.21. The van der Waals surface area contributed by atoms with Crippen LogP contribution in [0.4, 0.5) is 0 Å². The molecular formula is C5H12N2S. The first kappa shape index (κ1) is 7.82. The molecule has 0 aromatic heterocycles. The second kappa shape index (κ2) is 2.40. The maximum atomic E-state index is 6.89. The molecule has 0 rings (SSSR count). The van der Waals surface area contributed by atoms with Gasteiger partial charge in [-0.05, 0) is 0 Å². The van der Waals surface area contributed by atoms with Gasteiger partial charge < -0.3 is 5.73 Å². The standard InChI is InChI=1S/C5H12N2S/c1-5(2,3)8-4(6)7/h1-3H3,(H3,6,7). The molecule has 0 unspecified atom stereocenters. The minimum absolute atomic E-state index is 0.0891. The molecule has 48 valence electrons. The Morgan fingerprint density at radius 1 is 1.50 bits per heavy atom. The summed E-state index contributed by atoms with van der Waals surface area (Å²) < 4.78 is 0.0891. The van der Waals surface area contributed by atoms with Crippen LogP contribution in [0.25, 0.3) is 0 Å². The van der Waals surface area contributed by atoms with Gasteiger partial charge in [-0.25, -0.2) is 0 Å². The summed E-state index contributed by atoms with van der Waals surface area (Å²) in [5, 5.41) is 7.08. The average molecular weight is 132 g/mol. The van der Waals surface area contributed by atoms with E-state index >= 15 is 0 Å². The van der Waals surface area contributed by atoms with Crippen molar-refractivity contribution < 1.29 is 0 Å². The zero-order valence-electron chi connectivity index (χ0n) is 5.49. The van der Waals surface area contributed by atoms with E-state index in [4.69, 9.17) is 11.1 Å². The van der Waals surface area contributed by atoms with Crippen molar-refractivity contribution in [3.05, 3.63) is 0 Å². The molecule has 0 bridgehead atoms. The number of nitrogens with one attached hydrogen (secondary N) is 1. The Balaban J connectivity index is 3.55. The Morgan fingerprint density at radius 2 is 1.88 bits per heavy atom. The SMILES string of the molecule is CC(C)(C)SC(=N)N. The predicted octanol–water partition coefficient (Wildman–Crippen LogP) is 1.41. The van der Waals surface area contributed by atoms with E-state index < -0.39 is 0 Å². The molecule has 0 amide bonds. The van der Waals surface area contributed by atoms with E-state index in [9.17, 15) is 0 Å². The molecule has 0 saturated carbocycles. The quantitative estimate of drug-likeness (QED) is 0.387. The molecule has 0 heterocycles. The smallest absolute Gasteiger partial charge is 0.151 e. The summed E-state index contributed by atoms with van der Waals surface area (Å²) in [4.78, 5) is 0. The highest BCUT2D eigenvalue weighted by atomic mass is 32.2. The minimum atomic E-state index is 0.0891. The van der Waals surface area contributed by atoms with Crippen LogP contribution in [0.5, 0.6) is 0 Å². The van der Waals surface area contributed by atoms with Gasteiger partial charge in [0.05, 0.1) is 0 Å². The zero-order chi connectivity index (χ0) is 6.78. The first-order valence-corrected chi connectivity index (χ1v) is 3.26. The van der Waals surface area contributed by atoms with E-state index in [1.54, 1.807) is 0 Å². The van der Waals surface area contributed by atoms with Gasteiger partial charge in [-0.2, -0.15) is 0 Å². The van der Waals surface area contributed by atoms with Gasteiger partial charge in [0.2, 0.25) is 0 Å². The van der Waals surface area contributed by atoms with Crippen LogP contribution in [0, 0.1) is 5.41 Å². The number of hydrogen-bond donors (Lipinski definition) is 2. The van der Waals surface area contributed by atoms with Crippen LogP contribution in [0.3, 0.4) is 0 Å². The lowest BCUT2D eigenvalue weighted by molar-refractivity contribution is 0.808. The highest BCUT2D eigenvalue weighted by molar-refractivity contribution is 8.14. The van der Waals surface area contributed by atoms with Gasteiger partial charge in [0.15, 0.2) is 5.17 Å². The fraction of sp³-hybridized carbons (Fsp3) is 0.800. The third-order valence-corrected chi connectivity index (χ3v) is 1.25. The molecule has 0 radical (unpaired) electrons. The van der Waals surface area contributed by atoms with Crippen LogP contribution < -0.4 is 5.73 Å². The molecule has 0 aromatic rings. The van der Waals surface area contributed by atoms with Gasteiger partial charge in [0, 0.05) is 4.75 Å². The van der Waals surface area contributed by atoms with Crippen LogP contribution in [-0.4, -0.2) is 9.91 Å². The summed E-state index contributed by atoms with van der Waals surface area (Å²) >= 11 is 1.37. The lowest BCUT2D eigenvalue weighted by Crippen LogP contribution is -2.16. The van der Waals surface area contributed by atoms with E-state index in [2.05, 4.69) is 0 Å². The minimum Gasteiger partial charge on any atom is -0.379 e. The largest absolute Gasteiger partial charge is 0.379 e. The van der Waals surface area contributed by atoms with Crippen molar-refractivity contribution in [3.8, 4) is 0 Å². The molecule has 0 spiro atoms. The summed E-state index contributed by atoms with van der Waals surface area (Å²) in [7, 11) is 0. The maximum absolute atomic E-state index is 6.89. The van der Waals surface area contributed by atoms with E-state index in [0.717, 1.165) is 0 Å². The molecule has 8 heavy (non-hydrogen) atoms. The summed E-state index contributed by atoms with van der Waals surface area (Å²) in [6.07, 6.45) is 0. The molecule has 0 aliphatic carbocycles. The van der Waals surface area contributed by atoms with Crippen molar-refractivity contribution in [2.75, 3.05) is 0 Å². The topological polar surface area (TPSA) is 49.9 Å². The summed E-state index contributed by atoms with van der Waals surface area (Å²) in [5.74, 6) is 0. The van der Waals surface area contributed by atoms with Crippen LogP contribution in [0.1, 0.15) is 20.8 Å². The highest BCUT2D eigenvalue weighted by Crippen LogP contribution is 2.21.